The van der Waals surface area contributed by atoms with Crippen LogP contribution in [0.5, 0.6) is 5.75 Å². The Hall–Kier alpha value is -4.87. The minimum atomic E-state index is -0.800. The lowest BCUT2D eigenvalue weighted by atomic mass is 9.78. The number of hydrogen-bond donors (Lipinski definition) is 0. The van der Waals surface area contributed by atoms with Crippen LogP contribution in [0.2, 0.25) is 10.0 Å². The first-order valence-electron chi connectivity index (χ1n) is 13.4. The molecule has 5 rings (SSSR count). The zero-order valence-corrected chi connectivity index (χ0v) is 24.5. The van der Waals surface area contributed by atoms with E-state index in [0.29, 0.717) is 6.42 Å². The van der Waals surface area contributed by atoms with Crippen molar-refractivity contribution in [2.75, 3.05) is 6.54 Å². The zero-order chi connectivity index (χ0) is 31.7. The van der Waals surface area contributed by atoms with Gasteiger partial charge in [0.2, 0.25) is 0 Å². The lowest BCUT2D eigenvalue weighted by Gasteiger charge is -2.30. The largest absolute Gasteiger partial charge is 0.423 e. The summed E-state index contributed by atoms with van der Waals surface area (Å²) in [6.07, 6.45) is 4.01. The summed E-state index contributed by atoms with van der Waals surface area (Å²) < 4.78 is 5.30. The molecule has 3 aromatic carbocycles. The number of amides is 3. The van der Waals surface area contributed by atoms with Crippen LogP contribution in [0.3, 0.4) is 0 Å². The molecule has 0 spiro atoms. The molecule has 0 unspecified atom stereocenters. The molecular formula is C31H23Cl2N3O8. The van der Waals surface area contributed by atoms with E-state index < -0.39 is 52.8 Å². The van der Waals surface area contributed by atoms with Gasteiger partial charge in [0.15, 0.2) is 5.78 Å². The van der Waals surface area contributed by atoms with Crippen LogP contribution in [0, 0.1) is 27.9 Å². The summed E-state index contributed by atoms with van der Waals surface area (Å²) >= 11 is 12.1. The Kier molecular flexibility index (Phi) is 8.61. The summed E-state index contributed by atoms with van der Waals surface area (Å²) in [5.41, 5.74) is 0.0246. The molecule has 224 valence electrons. The highest BCUT2D eigenvalue weighted by atomic mass is 35.5. The van der Waals surface area contributed by atoms with Crippen molar-refractivity contribution in [3.63, 3.8) is 0 Å². The van der Waals surface area contributed by atoms with Crippen LogP contribution >= 0.6 is 23.2 Å². The number of carbonyl (C=O) groups excluding carboxylic acids is 5. The number of rotatable bonds is 8. The van der Waals surface area contributed by atoms with E-state index in [9.17, 15) is 34.1 Å². The molecule has 0 bridgehead atoms. The maximum absolute atomic E-state index is 13.7. The third-order valence-electron chi connectivity index (χ3n) is 7.49. The zero-order valence-electron chi connectivity index (χ0n) is 23.0. The highest BCUT2D eigenvalue weighted by Gasteiger charge is 2.53. The smallest absolute Gasteiger partial charge is 0.343 e. The van der Waals surface area contributed by atoms with Crippen molar-refractivity contribution in [2.45, 2.75) is 13.3 Å². The van der Waals surface area contributed by atoms with E-state index in [1.165, 1.54) is 66.7 Å². The molecule has 3 amide bonds. The average molecular weight is 636 g/mol. The maximum atomic E-state index is 13.7. The summed E-state index contributed by atoms with van der Waals surface area (Å²) in [7, 11) is 0. The van der Waals surface area contributed by atoms with Gasteiger partial charge in [-0.1, -0.05) is 42.3 Å². The minimum Gasteiger partial charge on any atom is -0.423 e. The number of halogens is 2. The van der Waals surface area contributed by atoms with Gasteiger partial charge in [0.1, 0.15) is 12.3 Å². The Morgan fingerprint density at radius 1 is 0.932 bits per heavy atom. The second-order valence-corrected chi connectivity index (χ2v) is 11.1. The standard InChI is InChI=1S/C31H23Cl2N3O8/c1-17-3-2-4-23-27(17)30(40)35(29(23)39)34(28(38)20-9-14-24(32)25(33)15-20)16-26(37)18-7-12-22(13-8-18)44-31(41)19-5-10-21(11-6-19)36(42)43/h2-3,5-15,17,23,27H,4,16H2,1H3/t17-,23-,27+/m1/s1. The topological polar surface area (TPSA) is 144 Å². The van der Waals surface area contributed by atoms with Gasteiger partial charge >= 0.3 is 5.97 Å². The van der Waals surface area contributed by atoms with Gasteiger partial charge in [-0.25, -0.2) is 9.80 Å². The number of esters is 1. The fourth-order valence-electron chi connectivity index (χ4n) is 5.20. The van der Waals surface area contributed by atoms with E-state index in [-0.39, 0.29) is 44.1 Å². The predicted molar refractivity (Wildman–Crippen MR) is 158 cm³/mol. The molecule has 1 aliphatic heterocycles. The number of carbonyl (C=O) groups is 5. The maximum Gasteiger partial charge on any atom is 0.343 e. The average Bonchev–Trinajstić information content (AvgIpc) is 3.27. The summed E-state index contributed by atoms with van der Waals surface area (Å²) in [5, 5.41) is 12.7. The lowest BCUT2D eigenvalue weighted by Crippen LogP contribution is -2.52. The van der Waals surface area contributed by atoms with Gasteiger partial charge in [-0.2, -0.15) is 5.01 Å². The van der Waals surface area contributed by atoms with E-state index in [0.717, 1.165) is 10.0 Å². The summed E-state index contributed by atoms with van der Waals surface area (Å²) in [5.74, 6) is -4.81. The van der Waals surface area contributed by atoms with Gasteiger partial charge in [-0.3, -0.25) is 29.3 Å². The SMILES string of the molecule is C[C@@H]1C=CC[C@H]2C(=O)N(N(CC(=O)c3ccc(OC(=O)c4ccc([N+](=O)[O-])cc4)cc3)C(=O)c3ccc(Cl)c(Cl)c3)C(=O)[C@@H]12. The lowest BCUT2D eigenvalue weighted by molar-refractivity contribution is -0.384. The highest BCUT2D eigenvalue weighted by Crippen LogP contribution is 2.39. The van der Waals surface area contributed by atoms with E-state index in [2.05, 4.69) is 0 Å². The molecule has 0 saturated carbocycles. The van der Waals surface area contributed by atoms with Crippen molar-refractivity contribution in [1.29, 1.82) is 0 Å². The Bertz CT molecular complexity index is 1720. The second kappa shape index (κ2) is 12.4. The number of ketones is 1. The van der Waals surface area contributed by atoms with Crippen molar-refractivity contribution in [1.82, 2.24) is 10.0 Å². The summed E-state index contributed by atoms with van der Waals surface area (Å²) in [4.78, 5) is 76.9. The third kappa shape index (κ3) is 5.97. The molecule has 13 heteroatoms. The monoisotopic (exact) mass is 635 g/mol. The molecule has 0 aromatic heterocycles. The van der Waals surface area contributed by atoms with E-state index in [1.807, 2.05) is 19.1 Å². The Labute approximate surface area is 260 Å². The van der Waals surface area contributed by atoms with Gasteiger partial charge in [0.25, 0.3) is 23.4 Å². The van der Waals surface area contributed by atoms with E-state index in [1.54, 1.807) is 0 Å². The first kappa shape index (κ1) is 30.6. The fraction of sp³-hybridized carbons (Fsp3) is 0.194. The Morgan fingerprint density at radius 2 is 1.57 bits per heavy atom. The number of nitrogens with zero attached hydrogens (tertiary/aromatic N) is 3. The molecule has 1 saturated heterocycles. The molecule has 0 radical (unpaired) electrons. The van der Waals surface area contributed by atoms with Crippen molar-refractivity contribution >= 4 is 58.4 Å². The summed E-state index contributed by atoms with van der Waals surface area (Å²) in [6.45, 7) is 1.16. The number of hydrazine groups is 1. The van der Waals surface area contributed by atoms with Crippen molar-refractivity contribution in [3.8, 4) is 5.75 Å². The number of benzene rings is 3. The van der Waals surface area contributed by atoms with Crippen molar-refractivity contribution in [3.05, 3.63) is 116 Å². The first-order chi connectivity index (χ1) is 21.0. The van der Waals surface area contributed by atoms with Gasteiger partial charge in [0, 0.05) is 23.3 Å². The van der Waals surface area contributed by atoms with Crippen molar-refractivity contribution in [2.24, 2.45) is 17.8 Å². The van der Waals surface area contributed by atoms with Crippen LogP contribution in [0.25, 0.3) is 0 Å². The first-order valence-corrected chi connectivity index (χ1v) is 14.1. The number of ether oxygens (including phenoxy) is 1. The molecule has 1 aliphatic carbocycles. The summed E-state index contributed by atoms with van der Waals surface area (Å²) in [6, 6.07) is 14.4. The van der Waals surface area contributed by atoms with Crippen LogP contribution in [0.4, 0.5) is 5.69 Å². The molecule has 3 atom stereocenters. The highest BCUT2D eigenvalue weighted by molar-refractivity contribution is 6.42. The molecule has 1 heterocycles. The van der Waals surface area contributed by atoms with Gasteiger partial charge in [-0.15, -0.1) is 0 Å². The normalized spacial score (nSPS) is 19.0. The molecule has 3 aromatic rings. The van der Waals surface area contributed by atoms with Crippen LogP contribution in [0.15, 0.2) is 78.9 Å². The molecule has 0 N–H and O–H groups in total. The number of fused-ring (bicyclic) bond motifs is 1. The van der Waals surface area contributed by atoms with Gasteiger partial charge in [0.05, 0.1) is 32.4 Å². The molecule has 2 aliphatic rings. The van der Waals surface area contributed by atoms with Crippen LogP contribution in [-0.4, -0.2) is 51.0 Å². The Morgan fingerprint density at radius 3 is 2.18 bits per heavy atom. The van der Waals surface area contributed by atoms with E-state index >= 15 is 0 Å². The van der Waals surface area contributed by atoms with Crippen LogP contribution in [0.1, 0.15) is 44.4 Å². The number of non-ortho nitro benzene ring substituents is 1. The number of Topliss-reactive ketones (excluding diaryl/α,β-unsaturated/α-hetero) is 1. The number of nitro benzene ring substituents is 1. The minimum absolute atomic E-state index is 0.0161. The Balaban J connectivity index is 1.37. The van der Waals surface area contributed by atoms with Crippen molar-refractivity contribution < 1.29 is 33.6 Å². The number of imide groups is 1. The number of nitro groups is 1. The molecular weight excluding hydrogens is 613 g/mol. The number of hydrogen-bond acceptors (Lipinski definition) is 8. The molecule has 44 heavy (non-hydrogen) atoms. The van der Waals surface area contributed by atoms with E-state index in [4.69, 9.17) is 27.9 Å². The predicted octanol–water partition coefficient (Wildman–Crippen LogP) is 5.56. The van der Waals surface area contributed by atoms with Gasteiger partial charge < -0.3 is 4.74 Å². The molecule has 1 fully saturated rings. The van der Waals surface area contributed by atoms with Crippen LogP contribution in [-0.2, 0) is 9.59 Å². The quantitative estimate of drug-likeness (QED) is 0.0595. The molecule has 11 nitrogen and oxygen atoms in total. The third-order valence-corrected chi connectivity index (χ3v) is 8.22. The van der Waals surface area contributed by atoms with Gasteiger partial charge in [-0.05, 0) is 66.9 Å². The van der Waals surface area contributed by atoms with Crippen LogP contribution < -0.4 is 4.74 Å². The fourth-order valence-corrected chi connectivity index (χ4v) is 5.50. The number of allylic oxidation sites excluding steroid dienone is 2. The second-order valence-electron chi connectivity index (χ2n) is 10.3.